The topological polar surface area (TPSA) is 95.5 Å². The van der Waals surface area contributed by atoms with Gasteiger partial charge in [-0.1, -0.05) is 11.6 Å². The number of aliphatic carboxylic acids is 1. The van der Waals surface area contributed by atoms with E-state index in [1.807, 2.05) is 0 Å². The van der Waals surface area contributed by atoms with Gasteiger partial charge in [0.25, 0.3) is 0 Å². The Morgan fingerprint density at radius 2 is 1.81 bits per heavy atom. The lowest BCUT2D eigenvalue weighted by molar-refractivity contribution is -0.137. The third kappa shape index (κ3) is 6.76. The number of carbonyl (C=O) groups excluding carboxylic acids is 2. The third-order valence-electron chi connectivity index (χ3n) is 2.61. The highest BCUT2D eigenvalue weighted by atomic mass is 35.5. The molecule has 0 saturated carbocycles. The number of amides is 2. The van der Waals surface area contributed by atoms with Crippen LogP contribution in [0.4, 0.5) is 11.4 Å². The fraction of sp³-hybridized carbons (Fsp3) is 0.357. The van der Waals surface area contributed by atoms with Gasteiger partial charge in [-0.25, -0.2) is 0 Å². The molecule has 3 N–H and O–H groups in total. The average molecular weight is 313 g/mol. The molecule has 0 bridgehead atoms. The minimum Gasteiger partial charge on any atom is -0.481 e. The van der Waals surface area contributed by atoms with Gasteiger partial charge in [0, 0.05) is 25.5 Å². The first kappa shape index (κ1) is 17.0. The van der Waals surface area contributed by atoms with Gasteiger partial charge in [0.1, 0.15) is 0 Å². The molecule has 0 spiro atoms. The summed E-state index contributed by atoms with van der Waals surface area (Å²) in [6.07, 6.45) is 1.20. The normalized spacial score (nSPS) is 10.0. The molecule has 21 heavy (non-hydrogen) atoms. The van der Waals surface area contributed by atoms with E-state index >= 15 is 0 Å². The van der Waals surface area contributed by atoms with E-state index in [0.29, 0.717) is 29.2 Å². The maximum Gasteiger partial charge on any atom is 0.303 e. The van der Waals surface area contributed by atoms with Gasteiger partial charge in [-0.2, -0.15) is 0 Å². The van der Waals surface area contributed by atoms with Crippen LogP contribution in [0, 0.1) is 0 Å². The summed E-state index contributed by atoms with van der Waals surface area (Å²) < 4.78 is 0. The van der Waals surface area contributed by atoms with Crippen molar-refractivity contribution in [3.05, 3.63) is 23.2 Å². The molecule has 0 heterocycles. The van der Waals surface area contributed by atoms with Gasteiger partial charge in [-0.05, 0) is 31.0 Å². The smallest absolute Gasteiger partial charge is 0.303 e. The van der Waals surface area contributed by atoms with Crippen molar-refractivity contribution >= 4 is 40.8 Å². The molecule has 0 aliphatic rings. The van der Waals surface area contributed by atoms with Crippen LogP contribution in [0.1, 0.15) is 32.6 Å². The van der Waals surface area contributed by atoms with E-state index in [1.54, 1.807) is 18.2 Å². The van der Waals surface area contributed by atoms with E-state index in [2.05, 4.69) is 10.6 Å². The highest BCUT2D eigenvalue weighted by molar-refractivity contribution is 6.33. The highest BCUT2D eigenvalue weighted by Gasteiger charge is 2.08. The summed E-state index contributed by atoms with van der Waals surface area (Å²) in [5, 5.41) is 14.1. The molecule has 0 aliphatic heterocycles. The Bertz CT molecular complexity index is 546. The van der Waals surface area contributed by atoms with Gasteiger partial charge in [0.15, 0.2) is 0 Å². The summed E-state index contributed by atoms with van der Waals surface area (Å²) in [5.41, 5.74) is 0.944. The number of benzene rings is 1. The van der Waals surface area contributed by atoms with Crippen LogP contribution in [0.2, 0.25) is 5.02 Å². The van der Waals surface area contributed by atoms with Crippen molar-refractivity contribution in [2.75, 3.05) is 10.6 Å². The number of anilines is 2. The molecule has 7 heteroatoms. The second-order valence-electron chi connectivity index (χ2n) is 4.52. The zero-order chi connectivity index (χ0) is 15.8. The SMILES string of the molecule is CC(=O)Nc1ccc(Cl)c(NC(=O)CCCCC(=O)O)c1. The minimum absolute atomic E-state index is 0.0477. The molecule has 0 atom stereocenters. The number of carbonyl (C=O) groups is 3. The van der Waals surface area contributed by atoms with Crippen LogP contribution in [0.25, 0.3) is 0 Å². The standard InChI is InChI=1S/C14H17ClN2O4/c1-9(18)16-10-6-7-11(15)12(8-10)17-13(19)4-2-3-5-14(20)21/h6-8H,2-5H2,1H3,(H,16,18)(H,17,19)(H,20,21). The second-order valence-corrected chi connectivity index (χ2v) is 4.93. The van der Waals surface area contributed by atoms with Crippen LogP contribution < -0.4 is 10.6 Å². The summed E-state index contributed by atoms with van der Waals surface area (Å²) in [6, 6.07) is 4.78. The lowest BCUT2D eigenvalue weighted by atomic mass is 10.2. The lowest BCUT2D eigenvalue weighted by Crippen LogP contribution is -2.12. The summed E-state index contributed by atoms with van der Waals surface area (Å²) in [7, 11) is 0. The predicted molar refractivity (Wildman–Crippen MR) is 80.5 cm³/mol. The number of nitrogens with one attached hydrogen (secondary N) is 2. The second kappa shape index (κ2) is 8.26. The van der Waals surface area contributed by atoms with Crippen molar-refractivity contribution in [1.82, 2.24) is 0 Å². The first-order valence-electron chi connectivity index (χ1n) is 6.47. The Kier molecular flexibility index (Phi) is 6.68. The molecule has 0 fully saturated rings. The fourth-order valence-electron chi connectivity index (χ4n) is 1.68. The molecule has 0 unspecified atom stereocenters. The zero-order valence-corrected chi connectivity index (χ0v) is 12.4. The van der Waals surface area contributed by atoms with E-state index in [4.69, 9.17) is 16.7 Å². The van der Waals surface area contributed by atoms with Crippen LogP contribution in [0.5, 0.6) is 0 Å². The zero-order valence-electron chi connectivity index (χ0n) is 11.6. The molecular weight excluding hydrogens is 296 g/mol. The van der Waals surface area contributed by atoms with Crippen LogP contribution in [-0.2, 0) is 14.4 Å². The van der Waals surface area contributed by atoms with Crippen LogP contribution in [0.15, 0.2) is 18.2 Å². The summed E-state index contributed by atoms with van der Waals surface area (Å²) >= 11 is 5.97. The first-order valence-corrected chi connectivity index (χ1v) is 6.85. The van der Waals surface area contributed by atoms with Gasteiger partial charge in [-0.15, -0.1) is 0 Å². The number of carboxylic acid groups (broad SMARTS) is 1. The van der Waals surface area contributed by atoms with E-state index in [0.717, 1.165) is 0 Å². The fourth-order valence-corrected chi connectivity index (χ4v) is 1.84. The summed E-state index contributed by atoms with van der Waals surface area (Å²) in [5.74, 6) is -1.34. The number of hydrogen-bond donors (Lipinski definition) is 3. The van der Waals surface area contributed by atoms with Crippen molar-refractivity contribution in [3.63, 3.8) is 0 Å². The van der Waals surface area contributed by atoms with Gasteiger partial charge in [0.05, 0.1) is 10.7 Å². The molecule has 0 aromatic heterocycles. The monoisotopic (exact) mass is 312 g/mol. The van der Waals surface area contributed by atoms with Crippen molar-refractivity contribution in [1.29, 1.82) is 0 Å². The largest absolute Gasteiger partial charge is 0.481 e. The third-order valence-corrected chi connectivity index (χ3v) is 2.93. The molecule has 0 radical (unpaired) electrons. The summed E-state index contributed by atoms with van der Waals surface area (Å²) in [4.78, 5) is 33.1. The molecule has 0 saturated heterocycles. The van der Waals surface area contributed by atoms with Crippen LogP contribution in [0.3, 0.4) is 0 Å². The molecule has 1 aromatic rings. The van der Waals surface area contributed by atoms with E-state index < -0.39 is 5.97 Å². The number of carboxylic acids is 1. The molecule has 0 aliphatic carbocycles. The maximum atomic E-state index is 11.7. The van der Waals surface area contributed by atoms with Crippen LogP contribution >= 0.6 is 11.6 Å². The molecule has 6 nitrogen and oxygen atoms in total. The van der Waals surface area contributed by atoms with Crippen molar-refractivity contribution in [3.8, 4) is 0 Å². The van der Waals surface area contributed by atoms with Gasteiger partial charge >= 0.3 is 5.97 Å². The van der Waals surface area contributed by atoms with Crippen molar-refractivity contribution in [2.45, 2.75) is 32.6 Å². The summed E-state index contributed by atoms with van der Waals surface area (Å²) in [6.45, 7) is 1.38. The predicted octanol–water partition coefficient (Wildman–Crippen LogP) is 2.88. The van der Waals surface area contributed by atoms with Gasteiger partial charge in [0.2, 0.25) is 11.8 Å². The van der Waals surface area contributed by atoms with E-state index in [1.165, 1.54) is 6.92 Å². The maximum absolute atomic E-state index is 11.7. The Labute approximate surface area is 127 Å². The van der Waals surface area contributed by atoms with E-state index in [-0.39, 0.29) is 24.7 Å². The lowest BCUT2D eigenvalue weighted by Gasteiger charge is -2.09. The molecular formula is C14H17ClN2O4. The Morgan fingerprint density at radius 1 is 1.14 bits per heavy atom. The average Bonchev–Trinajstić information content (AvgIpc) is 2.38. The quantitative estimate of drug-likeness (QED) is 0.675. The number of unbranched alkanes of at least 4 members (excludes halogenated alkanes) is 1. The Hall–Kier alpha value is -2.08. The number of hydrogen-bond acceptors (Lipinski definition) is 3. The molecule has 1 aromatic carbocycles. The first-order chi connectivity index (χ1) is 9.88. The number of rotatable bonds is 7. The minimum atomic E-state index is -0.874. The van der Waals surface area contributed by atoms with Gasteiger partial charge < -0.3 is 15.7 Å². The molecule has 2 amide bonds. The molecule has 1 rings (SSSR count). The van der Waals surface area contributed by atoms with Gasteiger partial charge in [-0.3, -0.25) is 14.4 Å². The Balaban J connectivity index is 2.54. The van der Waals surface area contributed by atoms with E-state index in [9.17, 15) is 14.4 Å². The molecule has 114 valence electrons. The number of halogens is 1. The highest BCUT2D eigenvalue weighted by Crippen LogP contribution is 2.25. The van der Waals surface area contributed by atoms with Crippen molar-refractivity contribution in [2.24, 2.45) is 0 Å². The van der Waals surface area contributed by atoms with Crippen molar-refractivity contribution < 1.29 is 19.5 Å². The Morgan fingerprint density at radius 3 is 2.43 bits per heavy atom. The van der Waals surface area contributed by atoms with Crippen LogP contribution in [-0.4, -0.2) is 22.9 Å².